The molecule has 0 aromatic heterocycles. The Morgan fingerprint density at radius 2 is 1.09 bits per heavy atom. The molecule has 2 aliphatic rings. The van der Waals surface area contributed by atoms with Gasteiger partial charge in [-0.05, 0) is 0 Å². The van der Waals surface area contributed by atoms with Gasteiger partial charge in [-0.3, -0.25) is 0 Å². The van der Waals surface area contributed by atoms with Gasteiger partial charge < -0.3 is 0 Å². The predicted molar refractivity (Wildman–Crippen MR) is 256 cm³/mol. The van der Waals surface area contributed by atoms with Gasteiger partial charge in [0.05, 0.1) is 0 Å². The van der Waals surface area contributed by atoms with E-state index in [2.05, 4.69) is 187 Å². The van der Waals surface area contributed by atoms with Gasteiger partial charge in [0, 0.05) is 0 Å². The Morgan fingerprint density at radius 1 is 0.586 bits per heavy atom. The zero-order valence-electron chi connectivity index (χ0n) is 34.5. The molecule has 0 nitrogen and oxygen atoms in total. The van der Waals surface area contributed by atoms with Crippen molar-refractivity contribution in [1.82, 2.24) is 0 Å². The van der Waals surface area contributed by atoms with Crippen molar-refractivity contribution in [3.8, 4) is 33.4 Å². The summed E-state index contributed by atoms with van der Waals surface area (Å²) < 4.78 is 10.8. The fourth-order valence-electron chi connectivity index (χ4n) is 9.83. The number of fused-ring (bicyclic) bond motifs is 3. The van der Waals surface area contributed by atoms with E-state index in [9.17, 15) is 0 Å². The van der Waals surface area contributed by atoms with Crippen LogP contribution in [0.5, 0.6) is 0 Å². The Kier molecular flexibility index (Phi) is 12.7. The first-order chi connectivity index (χ1) is 26.6. The molecule has 0 amide bonds. The summed E-state index contributed by atoms with van der Waals surface area (Å²) in [5.41, 5.74) is 16.0. The van der Waals surface area contributed by atoms with Gasteiger partial charge in [0.15, 0.2) is 0 Å². The van der Waals surface area contributed by atoms with Gasteiger partial charge in [-0.1, -0.05) is 0 Å². The van der Waals surface area contributed by atoms with Crippen LogP contribution in [0.2, 0.25) is 10.0 Å². The minimum absolute atomic E-state index is 0. The van der Waals surface area contributed by atoms with Crippen LogP contribution >= 0.6 is 48.0 Å². The topological polar surface area (TPSA) is 0 Å². The molecule has 0 N–H and O–H groups in total. The summed E-state index contributed by atoms with van der Waals surface area (Å²) in [6.45, 7) is 14.2. The first-order valence-corrected chi connectivity index (χ1v) is 28.4. The molecular formula is C53H54Cl4Zr. The normalized spacial score (nSPS) is 13.6. The third-order valence-electron chi connectivity index (χ3n) is 12.5. The third kappa shape index (κ3) is 8.13. The molecule has 6 aromatic carbocycles. The van der Waals surface area contributed by atoms with Crippen LogP contribution in [0, 0.1) is 0 Å². The maximum absolute atomic E-state index is 6.58. The molecule has 0 atom stereocenters. The van der Waals surface area contributed by atoms with E-state index in [1.807, 2.05) is 0 Å². The molecule has 0 fully saturated rings. The van der Waals surface area contributed by atoms with E-state index in [4.69, 9.17) is 27.4 Å². The van der Waals surface area contributed by atoms with Gasteiger partial charge >= 0.3 is 348 Å². The molecule has 8 rings (SSSR count). The van der Waals surface area contributed by atoms with Crippen molar-refractivity contribution in [2.45, 2.75) is 73.5 Å². The molecule has 0 spiro atoms. The van der Waals surface area contributed by atoms with E-state index in [1.54, 1.807) is 0 Å². The summed E-state index contributed by atoms with van der Waals surface area (Å²) in [5, 5.41) is 1.51. The fourth-order valence-corrected chi connectivity index (χ4v) is 26.9. The van der Waals surface area contributed by atoms with Crippen molar-refractivity contribution in [3.63, 3.8) is 0 Å². The number of hydrogen-bond donors (Lipinski definition) is 0. The predicted octanol–water partition coefficient (Wildman–Crippen LogP) is 15.3. The fraction of sp³-hybridized carbons (Fsp3) is 0.226. The van der Waals surface area contributed by atoms with Crippen molar-refractivity contribution < 1.29 is 18.3 Å². The van der Waals surface area contributed by atoms with Crippen LogP contribution in [0.1, 0.15) is 81.3 Å². The summed E-state index contributed by atoms with van der Waals surface area (Å²) >= 11 is 8.26. The minimum atomic E-state index is -4.90. The number of halogens is 4. The Morgan fingerprint density at radius 3 is 1.57 bits per heavy atom. The second kappa shape index (κ2) is 16.6. The molecule has 0 saturated carbocycles. The van der Waals surface area contributed by atoms with Crippen molar-refractivity contribution in [3.05, 3.63) is 192 Å². The van der Waals surface area contributed by atoms with Crippen LogP contribution in [0.15, 0.2) is 149 Å². The number of allylic oxidation sites excluding steroid dienone is 4. The van der Waals surface area contributed by atoms with E-state index in [0.717, 1.165) is 31.1 Å². The van der Waals surface area contributed by atoms with E-state index in [1.165, 1.54) is 73.3 Å². The summed E-state index contributed by atoms with van der Waals surface area (Å²) in [5.74, 6) is 0. The Balaban J connectivity index is 0.00000283. The third-order valence-corrected chi connectivity index (χ3v) is 28.8. The molecule has 0 unspecified atom stereocenters. The van der Waals surface area contributed by atoms with Crippen molar-refractivity contribution in [1.29, 1.82) is 0 Å². The van der Waals surface area contributed by atoms with Crippen LogP contribution in [-0.4, -0.2) is 4.21 Å². The number of rotatable bonds is 8. The van der Waals surface area contributed by atoms with Crippen molar-refractivity contribution in [2.75, 3.05) is 0 Å². The number of benzene rings is 6. The zero-order valence-corrected chi connectivity index (χ0v) is 40.1. The summed E-state index contributed by atoms with van der Waals surface area (Å²) in [6.07, 6.45) is 8.87. The Labute approximate surface area is 369 Å². The van der Waals surface area contributed by atoms with Crippen LogP contribution < -0.4 is 3.27 Å². The van der Waals surface area contributed by atoms with Crippen LogP contribution in [0.25, 0.3) is 33.4 Å². The summed E-state index contributed by atoms with van der Waals surface area (Å²) in [6, 6.07) is 47.1. The molecular weight excluding hydrogens is 870 g/mol. The first-order valence-electron chi connectivity index (χ1n) is 20.0. The first kappa shape index (κ1) is 44.3. The molecule has 58 heavy (non-hydrogen) atoms. The maximum atomic E-state index is 6.58. The SMILES string of the molecule is Cl.Cl.[CH2]=[Zr]([CH2]c1ccc(Cl)cc1)([CH2]c1ccc(Cl)cc1)([C]1=CC=CC1)[c]1c2c(cc(C(C)(C)C)c1-c1ccccc1)-c1cc(C(C)(C)C)c(-c3ccccc3)cc1C2. The van der Waals surface area contributed by atoms with E-state index >= 15 is 0 Å². The van der Waals surface area contributed by atoms with Gasteiger partial charge in [0.2, 0.25) is 0 Å². The molecule has 298 valence electrons. The standard InChI is InChI=1S/C33H33.2C7H6Cl.C5H5.CH2.2ClH.Zr/c1-32(2,3)30-20-26-24(18-28(30)22-13-9-7-10-14-22)17-25-19-29(23-15-11-8-12-16-23)31(21-27(25)26)33(4,5)6;2*1-6-2-4-7(8)5-3-6;1-2-4-5-3-1;;;;/h7-16,18,20-21H,17H2,1-6H3;2*2-5H,1H2;1-3H,4H2;1H2;2*1H;. The molecule has 0 heterocycles. The number of hydrogen-bond acceptors (Lipinski definition) is 0. The van der Waals surface area contributed by atoms with Gasteiger partial charge in [0.25, 0.3) is 0 Å². The molecule has 6 aromatic rings. The van der Waals surface area contributed by atoms with Crippen molar-refractivity contribution >= 4 is 55.5 Å². The molecule has 5 heteroatoms. The second-order valence-corrected chi connectivity index (χ2v) is 33.5. The molecule has 0 saturated heterocycles. The van der Waals surface area contributed by atoms with Crippen LogP contribution in [-0.2, 0) is 43.8 Å². The quantitative estimate of drug-likeness (QED) is 0.142. The van der Waals surface area contributed by atoms with Crippen LogP contribution in [0.4, 0.5) is 0 Å². The molecule has 0 bridgehead atoms. The van der Waals surface area contributed by atoms with E-state index in [0.29, 0.717) is 0 Å². The zero-order chi connectivity index (χ0) is 39.5. The Hall–Kier alpha value is -3.29. The monoisotopic (exact) mass is 920 g/mol. The molecule has 0 aliphatic heterocycles. The second-order valence-electron chi connectivity index (χ2n) is 18.5. The van der Waals surface area contributed by atoms with Crippen LogP contribution in [0.3, 0.4) is 0 Å². The summed E-state index contributed by atoms with van der Waals surface area (Å²) in [4.78, 5) is 0. The molecule has 0 radical (unpaired) electrons. The average molecular weight is 924 g/mol. The average Bonchev–Trinajstić information content (AvgIpc) is 3.85. The molecule has 2 aliphatic carbocycles. The Bertz CT molecular complexity index is 2530. The van der Waals surface area contributed by atoms with Gasteiger partial charge in [0.1, 0.15) is 0 Å². The van der Waals surface area contributed by atoms with Gasteiger partial charge in [-0.25, -0.2) is 0 Å². The van der Waals surface area contributed by atoms with E-state index < -0.39 is 18.3 Å². The van der Waals surface area contributed by atoms with E-state index in [-0.39, 0.29) is 35.6 Å². The summed E-state index contributed by atoms with van der Waals surface area (Å²) in [7, 11) is 0. The van der Waals surface area contributed by atoms with Gasteiger partial charge in [-0.2, -0.15) is 0 Å². The van der Waals surface area contributed by atoms with Crippen molar-refractivity contribution in [2.24, 2.45) is 0 Å². The van der Waals surface area contributed by atoms with Gasteiger partial charge in [-0.15, -0.1) is 24.8 Å².